The van der Waals surface area contributed by atoms with Crippen molar-refractivity contribution in [3.8, 4) is 17.1 Å². The van der Waals surface area contributed by atoms with Gasteiger partial charge in [0.15, 0.2) is 0 Å². The summed E-state index contributed by atoms with van der Waals surface area (Å²) in [6.07, 6.45) is 2.69. The van der Waals surface area contributed by atoms with E-state index in [4.69, 9.17) is 29.9 Å². The van der Waals surface area contributed by atoms with Gasteiger partial charge in [-0.15, -0.1) is 0 Å². The van der Waals surface area contributed by atoms with E-state index in [0.29, 0.717) is 52.5 Å². The Kier molecular flexibility index (Phi) is 15.9. The third-order valence-electron chi connectivity index (χ3n) is 8.70. The summed E-state index contributed by atoms with van der Waals surface area (Å²) in [5.41, 5.74) is 4.62. The van der Waals surface area contributed by atoms with Crippen LogP contribution in [0.25, 0.3) is 22.2 Å². The molecular formula is C43H42ClFN4O10S3. The van der Waals surface area contributed by atoms with Gasteiger partial charge in [0.1, 0.15) is 51.7 Å². The summed E-state index contributed by atoms with van der Waals surface area (Å²) in [6.45, 7) is 4.50. The Hall–Kier alpha value is -5.73. The number of fused-ring (bicyclic) bond motifs is 1. The Morgan fingerprint density at radius 1 is 0.758 bits per heavy atom. The Morgan fingerprint density at radius 2 is 1.39 bits per heavy atom. The van der Waals surface area contributed by atoms with E-state index in [1.807, 2.05) is 44.2 Å². The van der Waals surface area contributed by atoms with E-state index in [0.717, 1.165) is 27.6 Å². The number of ether oxygens (including phenoxy) is 1. The van der Waals surface area contributed by atoms with Gasteiger partial charge in [-0.1, -0.05) is 65.2 Å². The van der Waals surface area contributed by atoms with Crippen molar-refractivity contribution >= 4 is 64.1 Å². The number of sulfone groups is 1. The molecule has 0 fully saturated rings. The quantitative estimate of drug-likeness (QED) is 0.0630. The van der Waals surface area contributed by atoms with Crippen LogP contribution in [-0.2, 0) is 43.2 Å². The second-order valence-electron chi connectivity index (χ2n) is 13.8. The van der Waals surface area contributed by atoms with Gasteiger partial charge in [-0.25, -0.2) is 22.8 Å². The van der Waals surface area contributed by atoms with Gasteiger partial charge in [-0.3, -0.25) is 9.11 Å². The topological polar surface area (TPSA) is 215 Å². The van der Waals surface area contributed by atoms with Gasteiger partial charge in [0.05, 0.1) is 32.6 Å². The molecule has 0 saturated carbocycles. The molecule has 0 amide bonds. The van der Waals surface area contributed by atoms with E-state index in [2.05, 4.69) is 20.6 Å². The van der Waals surface area contributed by atoms with Crippen molar-refractivity contribution in [2.24, 2.45) is 0 Å². The summed E-state index contributed by atoms with van der Waals surface area (Å²) in [5.74, 6) is 2.10. The molecule has 5 aromatic carbocycles. The van der Waals surface area contributed by atoms with Crippen molar-refractivity contribution < 1.29 is 47.9 Å². The van der Waals surface area contributed by atoms with E-state index in [9.17, 15) is 29.6 Å². The number of nitrogens with zero attached hydrogens (tertiary/aromatic N) is 2. The van der Waals surface area contributed by atoms with Crippen molar-refractivity contribution in [2.45, 2.75) is 36.8 Å². The van der Waals surface area contributed by atoms with Crippen LogP contribution < -0.4 is 15.4 Å². The molecule has 19 heteroatoms. The van der Waals surface area contributed by atoms with Gasteiger partial charge in [0.2, 0.25) is 0 Å². The summed E-state index contributed by atoms with van der Waals surface area (Å²) >= 11 is 6.46. The van der Waals surface area contributed by atoms with Crippen LogP contribution in [0.5, 0.6) is 5.75 Å². The minimum absolute atomic E-state index is 0.0592. The Labute approximate surface area is 364 Å². The summed E-state index contributed by atoms with van der Waals surface area (Å²) in [7, 11) is -11.1. The Balaban J connectivity index is 0.000000267. The lowest BCUT2D eigenvalue weighted by Gasteiger charge is -2.12. The molecule has 7 aromatic rings. The van der Waals surface area contributed by atoms with Gasteiger partial charge >= 0.3 is 0 Å². The molecular weight excluding hydrogens is 883 g/mol. The smallest absolute Gasteiger partial charge is 0.294 e. The molecule has 62 heavy (non-hydrogen) atoms. The molecule has 0 atom stereocenters. The predicted octanol–water partition coefficient (Wildman–Crippen LogP) is 8.62. The number of benzene rings is 5. The standard InChI is InChI=1S/C29H26ClFN4O4S.2C7H8O3S/c1-40(36,37)13-12-32-16-22-8-11-27(39-22)19-6-9-26-23(14-19)29(34-18-33-26)35-21-7-10-28(24(30)15-21)38-17-20-4-2-3-5-25(20)31;2*1-6-2-4-7(5-3-6)11(8,9)10/h2-11,14-15,18,32H,12-13,16-17H2,1H3,(H,33,34,35);2*2-5H,1H3,(H,8,9,10). The molecule has 14 nitrogen and oxygen atoms in total. The number of nitrogens with one attached hydrogen (secondary N) is 2. The predicted molar refractivity (Wildman–Crippen MR) is 236 cm³/mol. The van der Waals surface area contributed by atoms with E-state index in [1.54, 1.807) is 60.7 Å². The lowest BCUT2D eigenvalue weighted by molar-refractivity contribution is 0.300. The van der Waals surface area contributed by atoms with Gasteiger partial charge in [0.25, 0.3) is 20.2 Å². The number of hydrogen-bond acceptors (Lipinski definition) is 12. The number of aryl methyl sites for hydroxylation is 2. The maximum atomic E-state index is 13.9. The van der Waals surface area contributed by atoms with Gasteiger partial charge in [-0.2, -0.15) is 16.8 Å². The third kappa shape index (κ3) is 14.4. The summed E-state index contributed by atoms with van der Waals surface area (Å²) in [6, 6.07) is 33.1. The highest BCUT2D eigenvalue weighted by atomic mass is 35.5. The fourth-order valence-corrected chi connectivity index (χ4v) is 7.14. The van der Waals surface area contributed by atoms with Crippen LogP contribution >= 0.6 is 11.6 Å². The first kappa shape index (κ1) is 47.3. The summed E-state index contributed by atoms with van der Waals surface area (Å²) in [4.78, 5) is 8.66. The number of halogens is 2. The van der Waals surface area contributed by atoms with E-state index < -0.39 is 30.1 Å². The molecule has 0 aliphatic rings. The zero-order valence-corrected chi connectivity index (χ0v) is 36.7. The van der Waals surface area contributed by atoms with E-state index >= 15 is 0 Å². The fourth-order valence-electron chi connectivity index (χ4n) is 5.43. The first-order chi connectivity index (χ1) is 29.2. The summed E-state index contributed by atoms with van der Waals surface area (Å²) in [5, 5.41) is 7.51. The molecule has 2 aromatic heterocycles. The molecule has 0 aliphatic heterocycles. The van der Waals surface area contributed by atoms with Gasteiger partial charge in [-0.05, 0) is 92.7 Å². The van der Waals surface area contributed by atoms with Crippen molar-refractivity contribution in [2.75, 3.05) is 23.9 Å². The van der Waals surface area contributed by atoms with Gasteiger partial charge in [0, 0.05) is 35.0 Å². The maximum absolute atomic E-state index is 13.9. The second-order valence-corrected chi connectivity index (χ2v) is 19.3. The van der Waals surface area contributed by atoms with Crippen LogP contribution in [-0.4, -0.2) is 62.9 Å². The zero-order valence-electron chi connectivity index (χ0n) is 33.5. The SMILES string of the molecule is CS(=O)(=O)CCNCc1ccc(-c2ccc3ncnc(Nc4ccc(OCc5ccccc5F)c(Cl)c4)c3c2)o1.Cc1ccc(S(=O)(=O)O)cc1.Cc1ccc(S(=O)(=O)O)cc1. The number of aromatic nitrogens is 2. The highest BCUT2D eigenvalue weighted by molar-refractivity contribution is 7.90. The van der Waals surface area contributed by atoms with Crippen molar-refractivity contribution in [3.05, 3.63) is 161 Å². The normalized spacial score (nSPS) is 11.5. The second kappa shape index (κ2) is 20.9. The Bertz CT molecular complexity index is 2900. The average Bonchev–Trinajstić information content (AvgIpc) is 3.69. The lowest BCUT2D eigenvalue weighted by atomic mass is 10.1. The molecule has 326 valence electrons. The number of hydrogen-bond donors (Lipinski definition) is 4. The molecule has 7 rings (SSSR count). The number of anilines is 2. The molecule has 0 unspecified atom stereocenters. The maximum Gasteiger partial charge on any atom is 0.294 e. The van der Waals surface area contributed by atoms with Crippen molar-refractivity contribution in [3.63, 3.8) is 0 Å². The molecule has 0 saturated heterocycles. The van der Waals surface area contributed by atoms with Gasteiger partial charge < -0.3 is 19.8 Å². The molecule has 2 heterocycles. The molecule has 0 bridgehead atoms. The van der Waals surface area contributed by atoms with Crippen LogP contribution in [0.3, 0.4) is 0 Å². The third-order valence-corrected chi connectivity index (χ3v) is 11.7. The zero-order chi connectivity index (χ0) is 45.1. The monoisotopic (exact) mass is 924 g/mol. The molecule has 0 radical (unpaired) electrons. The summed E-state index contributed by atoms with van der Waals surface area (Å²) < 4.78 is 107. The fraction of sp³-hybridized carbons (Fsp3) is 0.163. The molecule has 0 aliphatic carbocycles. The minimum atomic E-state index is -4.02. The van der Waals surface area contributed by atoms with Crippen LogP contribution in [0.15, 0.2) is 142 Å². The van der Waals surface area contributed by atoms with E-state index in [1.165, 1.54) is 42.9 Å². The minimum Gasteiger partial charge on any atom is -0.487 e. The Morgan fingerprint density at radius 3 is 1.97 bits per heavy atom. The van der Waals surface area contributed by atoms with Crippen molar-refractivity contribution in [1.82, 2.24) is 15.3 Å². The van der Waals surface area contributed by atoms with Crippen LogP contribution in [0.4, 0.5) is 15.9 Å². The average molecular weight is 925 g/mol. The highest BCUT2D eigenvalue weighted by Gasteiger charge is 2.13. The van der Waals surface area contributed by atoms with Crippen LogP contribution in [0.2, 0.25) is 5.02 Å². The number of furan rings is 1. The first-order valence-electron chi connectivity index (χ1n) is 18.5. The molecule has 0 spiro atoms. The van der Waals surface area contributed by atoms with E-state index in [-0.39, 0.29) is 28.0 Å². The molecule has 4 N–H and O–H groups in total. The van der Waals surface area contributed by atoms with Crippen molar-refractivity contribution in [1.29, 1.82) is 0 Å². The number of rotatable bonds is 13. The largest absolute Gasteiger partial charge is 0.487 e. The highest BCUT2D eigenvalue weighted by Crippen LogP contribution is 2.33. The van der Waals surface area contributed by atoms with Crippen LogP contribution in [0.1, 0.15) is 22.5 Å². The van der Waals surface area contributed by atoms with Crippen LogP contribution in [0, 0.1) is 19.7 Å². The lowest BCUT2D eigenvalue weighted by Crippen LogP contribution is -2.21. The first-order valence-corrected chi connectivity index (χ1v) is 23.8.